The van der Waals surface area contributed by atoms with Gasteiger partial charge in [-0.1, -0.05) is 24.2 Å². The maximum atomic E-state index is 12.6. The van der Waals surface area contributed by atoms with Gasteiger partial charge in [0.05, 0.1) is 48.1 Å². The van der Waals surface area contributed by atoms with Crippen LogP contribution in [0.1, 0.15) is 16.1 Å². The van der Waals surface area contributed by atoms with Gasteiger partial charge in [0.15, 0.2) is 5.75 Å². The Labute approximate surface area is 232 Å². The van der Waals surface area contributed by atoms with Gasteiger partial charge in [-0.3, -0.25) is 14.6 Å². The minimum Gasteiger partial charge on any atom is -0.494 e. The van der Waals surface area contributed by atoms with E-state index in [0.717, 1.165) is 43.1 Å². The number of rotatable bonds is 6. The number of pyridine rings is 1. The van der Waals surface area contributed by atoms with Gasteiger partial charge in [0, 0.05) is 56.6 Å². The predicted molar refractivity (Wildman–Crippen MR) is 152 cm³/mol. The average Bonchev–Trinajstić information content (AvgIpc) is 3.32. The van der Waals surface area contributed by atoms with Crippen molar-refractivity contribution in [1.82, 2.24) is 25.1 Å². The summed E-state index contributed by atoms with van der Waals surface area (Å²) in [6.45, 7) is 7.65. The number of hydrogen-bond acceptors (Lipinski definition) is 7. The molecule has 1 aromatic carbocycles. The lowest BCUT2D eigenvalue weighted by atomic mass is 10.0. The Kier molecular flexibility index (Phi) is 9.11. The molecule has 0 spiro atoms. The molecule has 5 rings (SSSR count). The number of ether oxygens (including phenoxy) is 2. The van der Waals surface area contributed by atoms with Gasteiger partial charge in [0.2, 0.25) is 5.91 Å². The Balaban J connectivity index is 0.000000270. The van der Waals surface area contributed by atoms with E-state index in [2.05, 4.69) is 39.1 Å². The number of anilines is 2. The number of carbonyl (C=O) groups excluding carboxylic acids is 2. The van der Waals surface area contributed by atoms with Crippen LogP contribution < -0.4 is 20.1 Å². The molecule has 2 aromatic heterocycles. The van der Waals surface area contributed by atoms with E-state index in [-0.39, 0.29) is 11.8 Å². The van der Waals surface area contributed by atoms with Crippen molar-refractivity contribution in [3.63, 3.8) is 0 Å². The number of nitrogens with zero attached hydrogens (tertiary/aromatic N) is 3. The number of halogens is 1. The van der Waals surface area contributed by atoms with Gasteiger partial charge in [-0.05, 0) is 31.3 Å². The molecule has 0 saturated carbocycles. The Morgan fingerprint density at radius 3 is 2.64 bits per heavy atom. The first kappa shape index (κ1) is 28.0. The molecule has 2 amide bonds. The van der Waals surface area contributed by atoms with Crippen LogP contribution in [0.5, 0.6) is 11.5 Å². The Bertz CT molecular complexity index is 1350. The van der Waals surface area contributed by atoms with Crippen LogP contribution in [-0.2, 0) is 11.2 Å². The van der Waals surface area contributed by atoms with Crippen molar-refractivity contribution < 1.29 is 19.1 Å². The third-order valence-corrected chi connectivity index (χ3v) is 6.96. The molecule has 39 heavy (non-hydrogen) atoms. The lowest BCUT2D eigenvalue weighted by molar-refractivity contribution is -0.127. The zero-order chi connectivity index (χ0) is 27.9. The average molecular weight is 553 g/mol. The number of nitrogens with one attached hydrogen (secondary N) is 3. The van der Waals surface area contributed by atoms with E-state index in [1.807, 2.05) is 23.1 Å². The summed E-state index contributed by atoms with van der Waals surface area (Å²) < 4.78 is 10.9. The second-order valence-electron chi connectivity index (χ2n) is 9.09. The van der Waals surface area contributed by atoms with E-state index in [1.165, 1.54) is 6.08 Å². The highest BCUT2D eigenvalue weighted by Crippen LogP contribution is 2.42. The topological polar surface area (TPSA) is 112 Å². The van der Waals surface area contributed by atoms with Gasteiger partial charge in [0.25, 0.3) is 5.91 Å². The lowest BCUT2D eigenvalue weighted by Crippen LogP contribution is -2.46. The van der Waals surface area contributed by atoms with Gasteiger partial charge in [-0.2, -0.15) is 0 Å². The molecule has 0 atom stereocenters. The molecule has 11 heteroatoms. The molecule has 1 fully saturated rings. The van der Waals surface area contributed by atoms with Crippen molar-refractivity contribution in [2.24, 2.45) is 0 Å². The zero-order valence-electron chi connectivity index (χ0n) is 22.3. The number of methoxy groups -OCH3 is 2. The van der Waals surface area contributed by atoms with Gasteiger partial charge >= 0.3 is 0 Å². The van der Waals surface area contributed by atoms with E-state index in [4.69, 9.17) is 21.1 Å². The standard InChI is InChI=1S/C20H19ClN4O3.C8H14N2O/c1-27-15-10-22-8-6-11(15)17-18(16-13(24-17)7-9-23-20(16)26)25-14-5-3-4-12(21)19(14)28-2;1-3-8(11)10-6-4-9(2)5-7-10/h3-6,8,10,24-25H,7,9H2,1-2H3,(H,23,26);3H,1,4-7H2,2H3. The number of aromatic nitrogens is 2. The fourth-order valence-corrected chi connectivity index (χ4v) is 4.81. The molecule has 4 heterocycles. The number of para-hydroxylation sites is 1. The third-order valence-electron chi connectivity index (χ3n) is 6.66. The third kappa shape index (κ3) is 6.18. The largest absolute Gasteiger partial charge is 0.494 e. The number of hydrogen-bond donors (Lipinski definition) is 3. The summed E-state index contributed by atoms with van der Waals surface area (Å²) >= 11 is 6.27. The van der Waals surface area contributed by atoms with Gasteiger partial charge in [-0.25, -0.2) is 0 Å². The first-order valence-corrected chi connectivity index (χ1v) is 13.0. The van der Waals surface area contributed by atoms with Crippen LogP contribution >= 0.6 is 11.6 Å². The second-order valence-corrected chi connectivity index (χ2v) is 9.50. The predicted octanol–water partition coefficient (Wildman–Crippen LogP) is 3.72. The van der Waals surface area contributed by atoms with Crippen LogP contribution in [0.25, 0.3) is 11.3 Å². The summed E-state index contributed by atoms with van der Waals surface area (Å²) in [5, 5.41) is 6.72. The summed E-state index contributed by atoms with van der Waals surface area (Å²) in [5.41, 5.74) is 4.26. The lowest BCUT2D eigenvalue weighted by Gasteiger charge is -2.31. The highest BCUT2D eigenvalue weighted by Gasteiger charge is 2.28. The smallest absolute Gasteiger partial charge is 0.255 e. The van der Waals surface area contributed by atoms with Gasteiger partial charge < -0.3 is 34.9 Å². The molecular formula is C28H33ClN6O4. The molecule has 3 N–H and O–H groups in total. The first-order chi connectivity index (χ1) is 18.9. The van der Waals surface area contributed by atoms with E-state index in [0.29, 0.717) is 46.4 Å². The maximum Gasteiger partial charge on any atom is 0.255 e. The monoisotopic (exact) mass is 552 g/mol. The van der Waals surface area contributed by atoms with Gasteiger partial charge in [-0.15, -0.1) is 0 Å². The molecule has 2 aliphatic heterocycles. The minimum absolute atomic E-state index is 0.0538. The fraction of sp³-hybridized carbons (Fsp3) is 0.321. The number of likely N-dealkylation sites (N-methyl/N-ethyl adjacent to an activating group) is 1. The van der Waals surface area contributed by atoms with E-state index < -0.39 is 0 Å². The maximum absolute atomic E-state index is 12.6. The Morgan fingerprint density at radius 2 is 1.95 bits per heavy atom. The van der Waals surface area contributed by atoms with Crippen molar-refractivity contribution in [2.75, 3.05) is 59.3 Å². The molecule has 0 bridgehead atoms. The summed E-state index contributed by atoms with van der Waals surface area (Å²) in [6, 6.07) is 7.25. The normalized spacial score (nSPS) is 14.9. The van der Waals surface area contributed by atoms with Crippen molar-refractivity contribution in [3.8, 4) is 22.8 Å². The van der Waals surface area contributed by atoms with Crippen molar-refractivity contribution in [3.05, 3.63) is 65.6 Å². The molecule has 10 nitrogen and oxygen atoms in total. The molecule has 0 unspecified atom stereocenters. The van der Waals surface area contributed by atoms with E-state index in [1.54, 1.807) is 32.7 Å². The molecule has 2 aliphatic rings. The van der Waals surface area contributed by atoms with E-state index in [9.17, 15) is 9.59 Å². The first-order valence-electron chi connectivity index (χ1n) is 12.6. The number of carbonyl (C=O) groups is 2. The number of amides is 2. The van der Waals surface area contributed by atoms with E-state index >= 15 is 0 Å². The van der Waals surface area contributed by atoms with Crippen LogP contribution in [0, 0.1) is 0 Å². The summed E-state index contributed by atoms with van der Waals surface area (Å²) in [7, 11) is 5.21. The number of H-pyrrole nitrogens is 1. The summed E-state index contributed by atoms with van der Waals surface area (Å²) in [6.07, 6.45) is 5.40. The highest BCUT2D eigenvalue weighted by molar-refractivity contribution is 6.32. The van der Waals surface area contributed by atoms with Crippen LogP contribution in [-0.4, -0.2) is 85.6 Å². The van der Waals surface area contributed by atoms with Gasteiger partial charge in [0.1, 0.15) is 5.75 Å². The van der Waals surface area contributed by atoms with Crippen LogP contribution in [0.15, 0.2) is 49.3 Å². The molecular weight excluding hydrogens is 520 g/mol. The van der Waals surface area contributed by atoms with Crippen molar-refractivity contribution >= 4 is 34.8 Å². The highest BCUT2D eigenvalue weighted by atomic mass is 35.5. The molecule has 0 aliphatic carbocycles. The van der Waals surface area contributed by atoms with Crippen molar-refractivity contribution in [2.45, 2.75) is 6.42 Å². The molecule has 0 radical (unpaired) electrons. The Morgan fingerprint density at radius 1 is 1.18 bits per heavy atom. The molecule has 206 valence electrons. The second kappa shape index (κ2) is 12.7. The quantitative estimate of drug-likeness (QED) is 0.400. The summed E-state index contributed by atoms with van der Waals surface area (Å²) in [4.78, 5) is 35.3. The fourth-order valence-electron chi connectivity index (χ4n) is 4.56. The van der Waals surface area contributed by atoms with Crippen molar-refractivity contribution in [1.29, 1.82) is 0 Å². The van der Waals surface area contributed by atoms with Crippen LogP contribution in [0.3, 0.4) is 0 Å². The molecule has 1 saturated heterocycles. The SMILES string of the molecule is C=CC(=O)N1CCN(C)CC1.COc1cnccc1-c1[nH]c2c(c1Nc1cccc(Cl)c1OC)C(=O)NCC2. The van der Waals surface area contributed by atoms with Crippen LogP contribution in [0.4, 0.5) is 11.4 Å². The molecule has 3 aromatic rings. The summed E-state index contributed by atoms with van der Waals surface area (Å²) in [5.74, 6) is 1.02. The number of benzene rings is 1. The minimum atomic E-state index is -0.139. The Hall–Kier alpha value is -4.02. The number of piperazine rings is 1. The number of fused-ring (bicyclic) bond motifs is 1. The zero-order valence-corrected chi connectivity index (χ0v) is 23.1. The number of aromatic amines is 1. The van der Waals surface area contributed by atoms with Crippen LogP contribution in [0.2, 0.25) is 5.02 Å².